The lowest BCUT2D eigenvalue weighted by atomic mass is 9.70. The van der Waals surface area contributed by atoms with Crippen molar-refractivity contribution >= 4 is 6.29 Å². The van der Waals surface area contributed by atoms with E-state index in [4.69, 9.17) is 0 Å². The summed E-state index contributed by atoms with van der Waals surface area (Å²) >= 11 is 0. The van der Waals surface area contributed by atoms with Crippen LogP contribution in [0.25, 0.3) is 0 Å². The standard InChI is InChI=1S/C16H18O/c17-11-16-14-8-4-7-13(14)9-10-15(16)12-5-2-1-3-6-12/h1-3,5-6,9-11,13-16H,4,7-8H2/t13-,14+,15?,16-/m1/s1. The summed E-state index contributed by atoms with van der Waals surface area (Å²) in [5, 5.41) is 0. The highest BCUT2D eigenvalue weighted by atomic mass is 16.1. The first-order chi connectivity index (χ1) is 8.40. The minimum absolute atomic E-state index is 0.190. The van der Waals surface area contributed by atoms with Gasteiger partial charge in [-0.2, -0.15) is 0 Å². The topological polar surface area (TPSA) is 17.1 Å². The fourth-order valence-corrected chi connectivity index (χ4v) is 3.59. The predicted molar refractivity (Wildman–Crippen MR) is 68.7 cm³/mol. The van der Waals surface area contributed by atoms with Gasteiger partial charge in [-0.1, -0.05) is 48.9 Å². The average Bonchev–Trinajstić information content (AvgIpc) is 2.86. The number of carbonyl (C=O) groups is 1. The van der Waals surface area contributed by atoms with Gasteiger partial charge in [-0.15, -0.1) is 0 Å². The van der Waals surface area contributed by atoms with Crippen LogP contribution in [-0.4, -0.2) is 6.29 Å². The number of allylic oxidation sites excluding steroid dienone is 2. The molecule has 1 unspecified atom stereocenters. The van der Waals surface area contributed by atoms with E-state index in [0.29, 0.717) is 17.8 Å². The van der Waals surface area contributed by atoms with E-state index < -0.39 is 0 Å². The summed E-state index contributed by atoms with van der Waals surface area (Å²) < 4.78 is 0. The molecular weight excluding hydrogens is 208 g/mol. The summed E-state index contributed by atoms with van der Waals surface area (Å²) in [7, 11) is 0. The molecule has 0 bridgehead atoms. The summed E-state index contributed by atoms with van der Waals surface area (Å²) in [4.78, 5) is 11.5. The Kier molecular flexibility index (Phi) is 2.84. The first kappa shape index (κ1) is 10.8. The molecule has 17 heavy (non-hydrogen) atoms. The van der Waals surface area contributed by atoms with Crippen LogP contribution < -0.4 is 0 Å². The van der Waals surface area contributed by atoms with Gasteiger partial charge in [0.2, 0.25) is 0 Å². The first-order valence-electron chi connectivity index (χ1n) is 6.58. The number of benzene rings is 1. The fourth-order valence-electron chi connectivity index (χ4n) is 3.59. The lowest BCUT2D eigenvalue weighted by molar-refractivity contribution is -0.113. The van der Waals surface area contributed by atoms with Gasteiger partial charge in [-0.05, 0) is 30.2 Å². The number of fused-ring (bicyclic) bond motifs is 1. The number of hydrogen-bond donors (Lipinski definition) is 0. The SMILES string of the molecule is O=C[C@H]1C(c2ccccc2)C=C[C@H]2CCC[C@@H]21. The van der Waals surface area contributed by atoms with Crippen molar-refractivity contribution in [2.75, 3.05) is 0 Å². The molecule has 2 aliphatic carbocycles. The minimum atomic E-state index is 0.190. The minimum Gasteiger partial charge on any atom is -0.303 e. The van der Waals surface area contributed by atoms with E-state index in [1.165, 1.54) is 31.1 Å². The van der Waals surface area contributed by atoms with E-state index >= 15 is 0 Å². The van der Waals surface area contributed by atoms with Crippen LogP contribution in [0.15, 0.2) is 42.5 Å². The summed E-state index contributed by atoms with van der Waals surface area (Å²) in [5.41, 5.74) is 1.28. The zero-order chi connectivity index (χ0) is 11.7. The molecule has 2 aliphatic rings. The van der Waals surface area contributed by atoms with Crippen LogP contribution in [0.2, 0.25) is 0 Å². The largest absolute Gasteiger partial charge is 0.303 e. The Morgan fingerprint density at radius 3 is 2.65 bits per heavy atom. The van der Waals surface area contributed by atoms with E-state index in [0.717, 1.165) is 0 Å². The zero-order valence-electron chi connectivity index (χ0n) is 9.96. The van der Waals surface area contributed by atoms with Crippen molar-refractivity contribution < 1.29 is 4.79 Å². The molecule has 0 heterocycles. The molecule has 1 saturated carbocycles. The second-order valence-corrected chi connectivity index (χ2v) is 5.29. The van der Waals surface area contributed by atoms with Crippen molar-refractivity contribution in [2.45, 2.75) is 25.2 Å². The normalized spacial score (nSPS) is 35.5. The highest BCUT2D eigenvalue weighted by molar-refractivity contribution is 5.58. The van der Waals surface area contributed by atoms with Crippen molar-refractivity contribution in [3.05, 3.63) is 48.0 Å². The van der Waals surface area contributed by atoms with Crippen molar-refractivity contribution in [3.8, 4) is 0 Å². The molecule has 0 saturated heterocycles. The molecule has 1 nitrogen and oxygen atoms in total. The molecule has 0 aliphatic heterocycles. The summed E-state index contributed by atoms with van der Waals surface area (Å²) in [6.45, 7) is 0. The third-order valence-electron chi connectivity index (χ3n) is 4.44. The van der Waals surface area contributed by atoms with Crippen LogP contribution in [0.4, 0.5) is 0 Å². The molecule has 1 heteroatoms. The van der Waals surface area contributed by atoms with E-state index in [1.54, 1.807) is 0 Å². The second-order valence-electron chi connectivity index (χ2n) is 5.29. The lowest BCUT2D eigenvalue weighted by Gasteiger charge is -2.33. The Morgan fingerprint density at radius 1 is 1.06 bits per heavy atom. The van der Waals surface area contributed by atoms with E-state index in [2.05, 4.69) is 36.4 Å². The van der Waals surface area contributed by atoms with Gasteiger partial charge in [-0.25, -0.2) is 0 Å². The number of hydrogen-bond acceptors (Lipinski definition) is 1. The summed E-state index contributed by atoms with van der Waals surface area (Å²) in [5.74, 6) is 1.73. The van der Waals surface area contributed by atoms with E-state index in [-0.39, 0.29) is 5.92 Å². The Hall–Kier alpha value is -1.37. The van der Waals surface area contributed by atoms with Crippen LogP contribution in [-0.2, 0) is 4.79 Å². The fraction of sp³-hybridized carbons (Fsp3) is 0.438. The van der Waals surface area contributed by atoms with Crippen LogP contribution in [0, 0.1) is 17.8 Å². The highest BCUT2D eigenvalue weighted by Gasteiger charge is 2.39. The van der Waals surface area contributed by atoms with Crippen LogP contribution in [0.5, 0.6) is 0 Å². The van der Waals surface area contributed by atoms with Crippen molar-refractivity contribution in [1.82, 2.24) is 0 Å². The maximum atomic E-state index is 11.5. The summed E-state index contributed by atoms with van der Waals surface area (Å²) in [6, 6.07) is 10.4. The molecule has 1 aromatic carbocycles. The van der Waals surface area contributed by atoms with Crippen molar-refractivity contribution in [2.24, 2.45) is 17.8 Å². The molecule has 1 aromatic rings. The maximum absolute atomic E-state index is 11.5. The van der Waals surface area contributed by atoms with Gasteiger partial charge in [0.05, 0.1) is 0 Å². The second kappa shape index (κ2) is 4.48. The van der Waals surface area contributed by atoms with E-state index in [1.807, 2.05) is 6.07 Å². The van der Waals surface area contributed by atoms with Gasteiger partial charge in [0, 0.05) is 11.8 Å². The van der Waals surface area contributed by atoms with Gasteiger partial charge in [0.15, 0.2) is 0 Å². The average molecular weight is 226 g/mol. The Balaban J connectivity index is 1.94. The van der Waals surface area contributed by atoms with Crippen LogP contribution >= 0.6 is 0 Å². The Labute approximate surface area is 103 Å². The smallest absolute Gasteiger partial charge is 0.124 e. The molecule has 0 N–H and O–H groups in total. The van der Waals surface area contributed by atoms with Crippen LogP contribution in [0.1, 0.15) is 30.7 Å². The molecule has 88 valence electrons. The van der Waals surface area contributed by atoms with Crippen molar-refractivity contribution in [1.29, 1.82) is 0 Å². The van der Waals surface area contributed by atoms with Gasteiger partial charge in [0.1, 0.15) is 6.29 Å². The third kappa shape index (κ3) is 1.84. The molecule has 3 rings (SSSR count). The number of carbonyl (C=O) groups excluding carboxylic acids is 1. The lowest BCUT2D eigenvalue weighted by Crippen LogP contribution is -2.28. The van der Waals surface area contributed by atoms with Crippen molar-refractivity contribution in [3.63, 3.8) is 0 Å². The molecule has 0 spiro atoms. The van der Waals surface area contributed by atoms with Gasteiger partial charge in [0.25, 0.3) is 0 Å². The van der Waals surface area contributed by atoms with Crippen LogP contribution in [0.3, 0.4) is 0 Å². The zero-order valence-corrected chi connectivity index (χ0v) is 9.96. The first-order valence-corrected chi connectivity index (χ1v) is 6.58. The Morgan fingerprint density at radius 2 is 1.88 bits per heavy atom. The van der Waals surface area contributed by atoms with Gasteiger partial charge >= 0.3 is 0 Å². The van der Waals surface area contributed by atoms with Gasteiger partial charge in [-0.3, -0.25) is 0 Å². The number of rotatable bonds is 2. The van der Waals surface area contributed by atoms with Gasteiger partial charge < -0.3 is 4.79 Å². The molecule has 0 amide bonds. The molecule has 0 radical (unpaired) electrons. The molecule has 4 atom stereocenters. The molecule has 0 aromatic heterocycles. The summed E-state index contributed by atoms with van der Waals surface area (Å²) in [6.07, 6.45) is 9.60. The number of aldehydes is 1. The quantitative estimate of drug-likeness (QED) is 0.556. The molecular formula is C16H18O. The maximum Gasteiger partial charge on any atom is 0.124 e. The Bertz CT molecular complexity index is 420. The predicted octanol–water partition coefficient (Wildman–Crippen LogP) is 3.57. The monoisotopic (exact) mass is 226 g/mol. The highest BCUT2D eigenvalue weighted by Crippen LogP contribution is 2.46. The van der Waals surface area contributed by atoms with E-state index in [9.17, 15) is 4.79 Å². The molecule has 1 fully saturated rings. The third-order valence-corrected chi connectivity index (χ3v) is 4.44.